The zero-order chi connectivity index (χ0) is 34.5. The highest BCUT2D eigenvalue weighted by molar-refractivity contribution is 4.79. The molecule has 0 aliphatic heterocycles. The Bertz CT molecular complexity index is 403. The molecule has 0 saturated heterocycles. The summed E-state index contributed by atoms with van der Waals surface area (Å²) in [5, 5.41) is 0. The van der Waals surface area contributed by atoms with E-state index in [1.54, 1.807) is 99.5 Å². The average molecular weight is 717 g/mol. The topological polar surface area (TPSA) is 129 Å². The molecule has 0 aromatic carbocycles. The highest BCUT2D eigenvalue weighted by Crippen LogP contribution is 2.20. The lowest BCUT2D eigenvalue weighted by Gasteiger charge is -2.30. The second-order valence-electron chi connectivity index (χ2n) is 10.0. The third kappa shape index (κ3) is 39.9. The molecule has 0 heterocycles. The third-order valence-electron chi connectivity index (χ3n) is 5.68. The van der Waals surface area contributed by atoms with Gasteiger partial charge in [0.05, 0.1) is 90.1 Å². The standard InChI is InChI=1S/2C9H20O4.2C6H14O3.4CH4/c2*1-10-5-9(6-11-2,7-12-3)8-13-4;2*1-7-4-6(9-3)5-8-2;;;;/h2*5-8H2,1-4H3;2*6H,4-5H2,1-3H3;4*1H4. The van der Waals surface area contributed by atoms with E-state index < -0.39 is 0 Å². The lowest BCUT2D eigenvalue weighted by Crippen LogP contribution is -2.40. The van der Waals surface area contributed by atoms with Gasteiger partial charge in [0.2, 0.25) is 0 Å². The number of hydrogen-bond acceptors (Lipinski definition) is 14. The fourth-order valence-corrected chi connectivity index (χ4v) is 4.06. The van der Waals surface area contributed by atoms with E-state index in [2.05, 4.69) is 0 Å². The minimum absolute atomic E-state index is 0. The maximum Gasteiger partial charge on any atom is 0.104 e. The molecule has 304 valence electrons. The first kappa shape index (κ1) is 65.8. The zero-order valence-electron chi connectivity index (χ0n) is 30.4. The minimum Gasteiger partial charge on any atom is -0.384 e. The Balaban J connectivity index is -0.0000000731. The molecule has 0 aliphatic carbocycles. The monoisotopic (exact) mass is 717 g/mol. The summed E-state index contributed by atoms with van der Waals surface area (Å²) < 4.78 is 70.3. The van der Waals surface area contributed by atoms with E-state index in [4.69, 9.17) is 66.3 Å². The second-order valence-corrected chi connectivity index (χ2v) is 10.0. The number of ether oxygens (including phenoxy) is 14. The largest absolute Gasteiger partial charge is 0.384 e. The van der Waals surface area contributed by atoms with Crippen LogP contribution in [0.1, 0.15) is 29.7 Å². The maximum atomic E-state index is 5.12. The first-order chi connectivity index (χ1) is 21.2. The van der Waals surface area contributed by atoms with Crippen LogP contribution >= 0.6 is 0 Å². The van der Waals surface area contributed by atoms with Gasteiger partial charge in [-0.3, -0.25) is 0 Å². The summed E-state index contributed by atoms with van der Waals surface area (Å²) in [6.45, 7) is 6.93. The normalized spacial score (nSPS) is 10.5. The quantitative estimate of drug-likeness (QED) is 0.127. The predicted octanol–water partition coefficient (Wildman–Crippen LogP) is 4.25. The van der Waals surface area contributed by atoms with Crippen molar-refractivity contribution in [2.75, 3.05) is 179 Å². The summed E-state index contributed by atoms with van der Waals surface area (Å²) in [6, 6.07) is 0. The smallest absolute Gasteiger partial charge is 0.104 e. The second kappa shape index (κ2) is 50.8. The van der Waals surface area contributed by atoms with Gasteiger partial charge >= 0.3 is 0 Å². The van der Waals surface area contributed by atoms with Crippen molar-refractivity contribution in [2.24, 2.45) is 10.8 Å². The molecule has 0 radical (unpaired) electrons. The van der Waals surface area contributed by atoms with Gasteiger partial charge in [-0.05, 0) is 0 Å². The van der Waals surface area contributed by atoms with Gasteiger partial charge in [0.1, 0.15) is 12.2 Å². The van der Waals surface area contributed by atoms with E-state index in [1.807, 2.05) is 0 Å². The Morgan fingerprint density at radius 2 is 0.417 bits per heavy atom. The molecule has 0 bridgehead atoms. The summed E-state index contributed by atoms with van der Waals surface area (Å²) in [5.74, 6) is 0. The highest BCUT2D eigenvalue weighted by atomic mass is 16.6. The van der Waals surface area contributed by atoms with Crippen LogP contribution in [0.25, 0.3) is 0 Å². The molecule has 0 amide bonds. The Labute approximate surface area is 297 Å². The molecular weight excluding hydrogens is 632 g/mol. The van der Waals surface area contributed by atoms with Gasteiger partial charge < -0.3 is 66.3 Å². The Morgan fingerprint density at radius 3 is 0.500 bits per heavy atom. The van der Waals surface area contributed by atoms with Crippen LogP contribution in [0.4, 0.5) is 0 Å². The maximum absolute atomic E-state index is 5.12. The van der Waals surface area contributed by atoms with E-state index in [0.29, 0.717) is 79.3 Å². The van der Waals surface area contributed by atoms with Crippen molar-refractivity contribution in [3.05, 3.63) is 0 Å². The van der Waals surface area contributed by atoms with Crippen molar-refractivity contribution in [2.45, 2.75) is 41.9 Å². The van der Waals surface area contributed by atoms with Crippen molar-refractivity contribution in [1.29, 1.82) is 0 Å². The van der Waals surface area contributed by atoms with E-state index in [9.17, 15) is 0 Å². The molecule has 48 heavy (non-hydrogen) atoms. The van der Waals surface area contributed by atoms with Crippen molar-refractivity contribution in [3.8, 4) is 0 Å². The van der Waals surface area contributed by atoms with E-state index in [1.165, 1.54) is 0 Å². The van der Waals surface area contributed by atoms with Gasteiger partial charge in [-0.25, -0.2) is 0 Å². The van der Waals surface area contributed by atoms with Crippen molar-refractivity contribution < 1.29 is 66.3 Å². The molecule has 14 nitrogen and oxygen atoms in total. The highest BCUT2D eigenvalue weighted by Gasteiger charge is 2.31. The molecule has 0 aliphatic rings. The summed E-state index contributed by atoms with van der Waals surface area (Å²) >= 11 is 0. The lowest BCUT2D eigenvalue weighted by molar-refractivity contribution is -0.0761. The van der Waals surface area contributed by atoms with Gasteiger partial charge in [0.15, 0.2) is 0 Å². The zero-order valence-corrected chi connectivity index (χ0v) is 30.4. The minimum atomic E-state index is -0.188. The van der Waals surface area contributed by atoms with Gasteiger partial charge in [-0.2, -0.15) is 0 Å². The number of methoxy groups -OCH3 is 14. The number of hydrogen-bond donors (Lipinski definition) is 0. The Hall–Kier alpha value is -0.560. The fourth-order valence-electron chi connectivity index (χ4n) is 4.06. The number of rotatable bonds is 26. The third-order valence-corrected chi connectivity index (χ3v) is 5.68. The van der Waals surface area contributed by atoms with Gasteiger partial charge in [0.25, 0.3) is 0 Å². The lowest BCUT2D eigenvalue weighted by atomic mass is 9.92. The fraction of sp³-hybridized carbons (Fsp3) is 1.00. The van der Waals surface area contributed by atoms with E-state index >= 15 is 0 Å². The van der Waals surface area contributed by atoms with Crippen molar-refractivity contribution in [1.82, 2.24) is 0 Å². The molecule has 0 spiro atoms. The first-order valence-corrected chi connectivity index (χ1v) is 14.1. The summed E-state index contributed by atoms with van der Waals surface area (Å²) in [7, 11) is 23.1. The molecular formula is C34H84O14. The van der Waals surface area contributed by atoms with Crippen LogP contribution in [-0.2, 0) is 66.3 Å². The summed E-state index contributed by atoms with van der Waals surface area (Å²) in [5.41, 5.74) is -0.375. The molecule has 0 atom stereocenters. The van der Waals surface area contributed by atoms with E-state index in [0.717, 1.165) is 0 Å². The molecule has 14 heteroatoms. The molecule has 0 saturated carbocycles. The predicted molar refractivity (Wildman–Crippen MR) is 196 cm³/mol. The molecule has 0 unspecified atom stereocenters. The van der Waals surface area contributed by atoms with Crippen molar-refractivity contribution in [3.63, 3.8) is 0 Å². The molecule has 0 rings (SSSR count). The van der Waals surface area contributed by atoms with E-state index in [-0.39, 0.29) is 52.7 Å². The average Bonchev–Trinajstić information content (AvgIpc) is 2.99. The van der Waals surface area contributed by atoms with Gasteiger partial charge in [-0.15, -0.1) is 0 Å². The van der Waals surface area contributed by atoms with Crippen LogP contribution in [0.15, 0.2) is 0 Å². The van der Waals surface area contributed by atoms with Crippen LogP contribution in [0.3, 0.4) is 0 Å². The van der Waals surface area contributed by atoms with Crippen LogP contribution in [0.2, 0.25) is 0 Å². The Kier molecular flexibility index (Phi) is 69.6. The molecule has 0 fully saturated rings. The summed E-state index contributed by atoms with van der Waals surface area (Å²) in [4.78, 5) is 0. The molecule has 0 N–H and O–H groups in total. The van der Waals surface area contributed by atoms with Crippen molar-refractivity contribution >= 4 is 0 Å². The van der Waals surface area contributed by atoms with Crippen LogP contribution in [0, 0.1) is 10.8 Å². The van der Waals surface area contributed by atoms with Crippen LogP contribution in [-0.4, -0.2) is 191 Å². The molecule has 0 aromatic rings. The molecule has 0 aromatic heterocycles. The van der Waals surface area contributed by atoms with Gasteiger partial charge in [0, 0.05) is 99.5 Å². The first-order valence-electron chi connectivity index (χ1n) is 14.1. The SMILES string of the molecule is C.C.C.C.COCC(COC)(COC)COC.COCC(COC)(COC)COC.COCC(COC)OC.COCC(COC)OC. The Morgan fingerprint density at radius 1 is 0.271 bits per heavy atom. The van der Waals surface area contributed by atoms with Gasteiger partial charge in [-0.1, -0.05) is 29.7 Å². The summed E-state index contributed by atoms with van der Waals surface area (Å²) in [6.07, 6.45) is 0.139. The van der Waals surface area contributed by atoms with Crippen LogP contribution < -0.4 is 0 Å². The van der Waals surface area contributed by atoms with Crippen LogP contribution in [0.5, 0.6) is 0 Å².